The van der Waals surface area contributed by atoms with Crippen LogP contribution in [0.3, 0.4) is 0 Å². The number of carboxylic acid groups (broad SMARTS) is 1. The van der Waals surface area contributed by atoms with Crippen molar-refractivity contribution in [2.75, 3.05) is 13.1 Å². The molecule has 3 rings (SSSR count). The maximum absolute atomic E-state index is 12.8. The Morgan fingerprint density at radius 1 is 1.33 bits per heavy atom. The zero-order valence-electron chi connectivity index (χ0n) is 13.9. The van der Waals surface area contributed by atoms with Gasteiger partial charge in [-0.3, -0.25) is 9.59 Å². The number of benzene rings is 1. The average molecular weight is 327 g/mol. The molecule has 1 amide bonds. The van der Waals surface area contributed by atoms with Crippen molar-refractivity contribution in [3.63, 3.8) is 0 Å². The summed E-state index contributed by atoms with van der Waals surface area (Å²) in [6.45, 7) is 4.50. The van der Waals surface area contributed by atoms with Crippen LogP contribution in [0, 0.1) is 12.3 Å². The molecule has 0 saturated carbocycles. The Hall–Kier alpha value is -2.63. The van der Waals surface area contributed by atoms with Gasteiger partial charge in [-0.05, 0) is 56.5 Å². The molecule has 1 saturated heterocycles. The molecule has 1 aliphatic heterocycles. The third-order valence-electron chi connectivity index (χ3n) is 4.69. The van der Waals surface area contributed by atoms with Gasteiger partial charge in [0.15, 0.2) is 0 Å². The predicted molar refractivity (Wildman–Crippen MR) is 89.2 cm³/mol. The summed E-state index contributed by atoms with van der Waals surface area (Å²) in [6, 6.07) is 7.33. The molecular weight excluding hydrogens is 306 g/mol. The van der Waals surface area contributed by atoms with Gasteiger partial charge in [-0.15, -0.1) is 0 Å². The van der Waals surface area contributed by atoms with Crippen molar-refractivity contribution in [1.82, 2.24) is 14.7 Å². The van der Waals surface area contributed by atoms with Crippen molar-refractivity contribution < 1.29 is 14.7 Å². The molecule has 6 nitrogen and oxygen atoms in total. The van der Waals surface area contributed by atoms with E-state index in [4.69, 9.17) is 0 Å². The summed E-state index contributed by atoms with van der Waals surface area (Å²) in [6.07, 6.45) is 4.87. The number of hydrogen-bond acceptors (Lipinski definition) is 3. The molecule has 2 heterocycles. The number of amides is 1. The van der Waals surface area contributed by atoms with Crippen LogP contribution in [-0.4, -0.2) is 44.8 Å². The van der Waals surface area contributed by atoms with Crippen molar-refractivity contribution in [1.29, 1.82) is 0 Å². The van der Waals surface area contributed by atoms with Gasteiger partial charge in [0, 0.05) is 31.0 Å². The molecule has 0 bridgehead atoms. The number of rotatable bonds is 3. The molecule has 0 aliphatic carbocycles. The summed E-state index contributed by atoms with van der Waals surface area (Å²) in [5, 5.41) is 13.6. The minimum absolute atomic E-state index is 0.114. The van der Waals surface area contributed by atoms with Crippen molar-refractivity contribution in [2.24, 2.45) is 5.41 Å². The molecule has 1 N–H and O–H groups in total. The number of carboxylic acids is 1. The van der Waals surface area contributed by atoms with Crippen LogP contribution >= 0.6 is 0 Å². The van der Waals surface area contributed by atoms with Crippen molar-refractivity contribution in [3.8, 4) is 5.69 Å². The maximum Gasteiger partial charge on any atom is 0.311 e. The first kappa shape index (κ1) is 16.2. The number of carbonyl (C=O) groups is 2. The summed E-state index contributed by atoms with van der Waals surface area (Å²) in [7, 11) is 0. The summed E-state index contributed by atoms with van der Waals surface area (Å²) in [5.74, 6) is -0.956. The van der Waals surface area contributed by atoms with E-state index in [1.807, 2.05) is 31.3 Å². The molecule has 6 heteroatoms. The smallest absolute Gasteiger partial charge is 0.311 e. The average Bonchev–Trinajstić information content (AvgIpc) is 3.08. The first-order valence-corrected chi connectivity index (χ1v) is 8.04. The third kappa shape index (κ3) is 2.91. The van der Waals surface area contributed by atoms with Gasteiger partial charge in [0.2, 0.25) is 0 Å². The fourth-order valence-corrected chi connectivity index (χ4v) is 3.23. The van der Waals surface area contributed by atoms with E-state index >= 15 is 0 Å². The second-order valence-electron chi connectivity index (χ2n) is 6.65. The summed E-state index contributed by atoms with van der Waals surface area (Å²) in [4.78, 5) is 25.9. The maximum atomic E-state index is 12.8. The number of nitrogens with zero attached hydrogens (tertiary/aromatic N) is 3. The van der Waals surface area contributed by atoms with Crippen LogP contribution < -0.4 is 0 Å². The fourth-order valence-electron chi connectivity index (χ4n) is 3.23. The van der Waals surface area contributed by atoms with E-state index in [0.717, 1.165) is 11.3 Å². The lowest BCUT2D eigenvalue weighted by Gasteiger charge is -2.37. The van der Waals surface area contributed by atoms with Crippen LogP contribution in [-0.2, 0) is 4.79 Å². The highest BCUT2D eigenvalue weighted by molar-refractivity contribution is 5.95. The highest BCUT2D eigenvalue weighted by Gasteiger charge is 2.39. The standard InChI is InChI=1S/C18H21N3O3/c1-13-11-14(5-6-15(13)21-10-4-8-19-21)16(22)20-9-3-7-18(2,12-20)17(23)24/h4-6,8,10-11H,3,7,9,12H2,1-2H3,(H,23,24). The van der Waals surface area contributed by atoms with Crippen molar-refractivity contribution >= 4 is 11.9 Å². The van der Waals surface area contributed by atoms with Crippen LogP contribution in [0.25, 0.3) is 5.69 Å². The molecule has 1 fully saturated rings. The topological polar surface area (TPSA) is 75.4 Å². The van der Waals surface area contributed by atoms with Gasteiger partial charge in [0.05, 0.1) is 11.1 Å². The Balaban J connectivity index is 1.83. The predicted octanol–water partition coefficient (Wildman–Crippen LogP) is 2.51. The Kier molecular flexibility index (Phi) is 4.13. The van der Waals surface area contributed by atoms with Gasteiger partial charge in [0.25, 0.3) is 5.91 Å². The molecule has 1 aromatic heterocycles. The van der Waals surface area contributed by atoms with Crippen LogP contribution in [0.15, 0.2) is 36.7 Å². The molecule has 1 aliphatic rings. The van der Waals surface area contributed by atoms with Crippen LogP contribution in [0.5, 0.6) is 0 Å². The van der Waals surface area contributed by atoms with Crippen LogP contribution in [0.1, 0.15) is 35.7 Å². The van der Waals surface area contributed by atoms with E-state index in [1.54, 1.807) is 28.8 Å². The zero-order valence-corrected chi connectivity index (χ0v) is 13.9. The SMILES string of the molecule is Cc1cc(C(=O)N2CCCC(C)(C(=O)O)C2)ccc1-n1cccn1. The first-order chi connectivity index (χ1) is 11.4. The molecule has 1 aromatic carbocycles. The molecule has 0 radical (unpaired) electrons. The van der Waals surface area contributed by atoms with Crippen molar-refractivity contribution in [2.45, 2.75) is 26.7 Å². The number of aliphatic carboxylic acids is 1. The Labute approximate surface area is 140 Å². The fraction of sp³-hybridized carbons (Fsp3) is 0.389. The summed E-state index contributed by atoms with van der Waals surface area (Å²) >= 11 is 0. The Morgan fingerprint density at radius 2 is 2.12 bits per heavy atom. The third-order valence-corrected chi connectivity index (χ3v) is 4.69. The number of aromatic nitrogens is 2. The lowest BCUT2D eigenvalue weighted by molar-refractivity contribution is -0.150. The van der Waals surface area contributed by atoms with Gasteiger partial charge in [-0.2, -0.15) is 5.10 Å². The molecule has 24 heavy (non-hydrogen) atoms. The molecule has 126 valence electrons. The van der Waals surface area contributed by atoms with Gasteiger partial charge < -0.3 is 10.0 Å². The normalized spacial score (nSPS) is 20.8. The van der Waals surface area contributed by atoms with E-state index in [9.17, 15) is 14.7 Å². The molecule has 1 atom stereocenters. The van der Waals surface area contributed by atoms with Crippen LogP contribution in [0.2, 0.25) is 0 Å². The highest BCUT2D eigenvalue weighted by atomic mass is 16.4. The summed E-state index contributed by atoms with van der Waals surface area (Å²) < 4.78 is 1.76. The lowest BCUT2D eigenvalue weighted by Crippen LogP contribution is -2.48. The number of likely N-dealkylation sites (tertiary alicyclic amines) is 1. The molecule has 1 unspecified atom stereocenters. The van der Waals surface area contributed by atoms with E-state index in [-0.39, 0.29) is 12.5 Å². The molecule has 0 spiro atoms. The van der Waals surface area contributed by atoms with Crippen LogP contribution in [0.4, 0.5) is 0 Å². The summed E-state index contributed by atoms with van der Waals surface area (Å²) in [5.41, 5.74) is 1.59. The largest absolute Gasteiger partial charge is 0.481 e. The van der Waals surface area contributed by atoms with Gasteiger partial charge in [-0.1, -0.05) is 0 Å². The van der Waals surface area contributed by atoms with Gasteiger partial charge >= 0.3 is 5.97 Å². The van der Waals surface area contributed by atoms with E-state index in [1.165, 1.54) is 0 Å². The second-order valence-corrected chi connectivity index (χ2v) is 6.65. The zero-order chi connectivity index (χ0) is 17.3. The Morgan fingerprint density at radius 3 is 2.75 bits per heavy atom. The monoisotopic (exact) mass is 327 g/mol. The Bertz CT molecular complexity index is 770. The quantitative estimate of drug-likeness (QED) is 0.940. The number of aryl methyl sites for hydroxylation is 1. The highest BCUT2D eigenvalue weighted by Crippen LogP contribution is 2.30. The number of hydrogen-bond donors (Lipinski definition) is 1. The molecular formula is C18H21N3O3. The lowest BCUT2D eigenvalue weighted by atomic mass is 9.82. The van der Waals surface area contributed by atoms with Gasteiger partial charge in [-0.25, -0.2) is 4.68 Å². The van der Waals surface area contributed by atoms with E-state index in [2.05, 4.69) is 5.10 Å². The number of piperidine rings is 1. The van der Waals surface area contributed by atoms with E-state index < -0.39 is 11.4 Å². The number of carbonyl (C=O) groups excluding carboxylic acids is 1. The van der Waals surface area contributed by atoms with Crippen molar-refractivity contribution in [3.05, 3.63) is 47.8 Å². The van der Waals surface area contributed by atoms with E-state index in [0.29, 0.717) is 24.9 Å². The second kappa shape index (κ2) is 6.11. The minimum atomic E-state index is -0.863. The minimum Gasteiger partial charge on any atom is -0.481 e. The van der Waals surface area contributed by atoms with Gasteiger partial charge in [0.1, 0.15) is 0 Å². The first-order valence-electron chi connectivity index (χ1n) is 8.04. The molecule has 2 aromatic rings.